The first kappa shape index (κ1) is 26.7. The van der Waals surface area contributed by atoms with E-state index in [4.69, 9.17) is 13.9 Å². The number of nitrogens with zero attached hydrogens (tertiary/aromatic N) is 2. The second-order valence-corrected chi connectivity index (χ2v) is 11.8. The first-order valence-corrected chi connectivity index (χ1v) is 13.9. The number of benzene rings is 2. The summed E-state index contributed by atoms with van der Waals surface area (Å²) in [6.07, 6.45) is 1.84. The fourth-order valence-electron chi connectivity index (χ4n) is 3.72. The van der Waals surface area contributed by atoms with Gasteiger partial charge in [0.1, 0.15) is 34.3 Å². The molecule has 0 fully saturated rings. The van der Waals surface area contributed by atoms with E-state index in [-0.39, 0.29) is 35.2 Å². The standard InChI is InChI=1S/C27H28BrN3O5S/c1-5-35-24(32)16-29-26-25(30-23-15-10-20(28)17-31(23)26)18-6-11-21(12-7-18)36-37(33,34)22-13-8-19(9-14-22)27(2,3)4/h6-15,17,29H,5,16H2,1-4H3. The molecule has 4 rings (SSSR count). The van der Waals surface area contributed by atoms with E-state index < -0.39 is 10.1 Å². The molecule has 2 aromatic carbocycles. The maximum atomic E-state index is 12.8. The normalized spacial score (nSPS) is 11.9. The fraction of sp³-hybridized carbons (Fsp3) is 0.259. The van der Waals surface area contributed by atoms with Crippen molar-refractivity contribution in [2.75, 3.05) is 18.5 Å². The topological polar surface area (TPSA) is 99.0 Å². The van der Waals surface area contributed by atoms with E-state index in [9.17, 15) is 13.2 Å². The quantitative estimate of drug-likeness (QED) is 0.206. The molecule has 0 saturated carbocycles. The Labute approximate surface area is 224 Å². The van der Waals surface area contributed by atoms with Crippen molar-refractivity contribution < 1.29 is 22.1 Å². The Balaban J connectivity index is 1.60. The summed E-state index contributed by atoms with van der Waals surface area (Å²) >= 11 is 3.47. The maximum absolute atomic E-state index is 12.8. The van der Waals surface area contributed by atoms with Gasteiger partial charge in [-0.3, -0.25) is 9.20 Å². The number of hydrogen-bond donors (Lipinski definition) is 1. The Morgan fingerprint density at radius 2 is 1.70 bits per heavy atom. The van der Waals surface area contributed by atoms with Crippen molar-refractivity contribution in [1.82, 2.24) is 9.38 Å². The summed E-state index contributed by atoms with van der Waals surface area (Å²) in [6.45, 7) is 8.20. The minimum atomic E-state index is -4.00. The van der Waals surface area contributed by atoms with Crippen molar-refractivity contribution in [2.24, 2.45) is 0 Å². The summed E-state index contributed by atoms with van der Waals surface area (Å²) in [5.74, 6) is 0.392. The van der Waals surface area contributed by atoms with Gasteiger partial charge < -0.3 is 14.2 Å². The predicted octanol–water partition coefficient (Wildman–Crippen LogP) is 5.80. The number of rotatable bonds is 8. The largest absolute Gasteiger partial charge is 0.465 e. The van der Waals surface area contributed by atoms with Gasteiger partial charge in [-0.25, -0.2) is 4.98 Å². The van der Waals surface area contributed by atoms with E-state index in [1.54, 1.807) is 55.5 Å². The summed E-state index contributed by atoms with van der Waals surface area (Å²) in [7, 11) is -4.00. The zero-order chi connectivity index (χ0) is 26.8. The molecule has 37 heavy (non-hydrogen) atoms. The summed E-state index contributed by atoms with van der Waals surface area (Å²) in [6, 6.07) is 17.0. The monoisotopic (exact) mass is 585 g/mol. The van der Waals surface area contributed by atoms with Crippen molar-refractivity contribution >= 4 is 43.5 Å². The van der Waals surface area contributed by atoms with E-state index in [1.807, 2.05) is 22.7 Å². The molecule has 0 saturated heterocycles. The maximum Gasteiger partial charge on any atom is 0.339 e. The van der Waals surface area contributed by atoms with E-state index >= 15 is 0 Å². The van der Waals surface area contributed by atoms with Crippen LogP contribution in [0.5, 0.6) is 5.75 Å². The lowest BCUT2D eigenvalue weighted by molar-refractivity contribution is -0.140. The third-order valence-corrected chi connectivity index (χ3v) is 7.36. The van der Waals surface area contributed by atoms with Gasteiger partial charge in [0.25, 0.3) is 0 Å². The Kier molecular flexibility index (Phi) is 7.61. The van der Waals surface area contributed by atoms with Crippen molar-refractivity contribution in [3.05, 3.63) is 76.9 Å². The average Bonchev–Trinajstić information content (AvgIpc) is 3.20. The Bertz CT molecular complexity index is 1520. The summed E-state index contributed by atoms with van der Waals surface area (Å²) in [5.41, 5.74) is 2.92. The van der Waals surface area contributed by atoms with Gasteiger partial charge in [0.05, 0.1) is 6.61 Å². The fourth-order valence-corrected chi connectivity index (χ4v) is 4.99. The third-order valence-electron chi connectivity index (χ3n) is 5.63. The number of carbonyl (C=O) groups excluding carboxylic acids is 1. The molecule has 194 valence electrons. The number of nitrogens with one attached hydrogen (secondary N) is 1. The molecule has 8 nitrogen and oxygen atoms in total. The smallest absolute Gasteiger partial charge is 0.339 e. The molecule has 0 aliphatic carbocycles. The predicted molar refractivity (Wildman–Crippen MR) is 146 cm³/mol. The second kappa shape index (κ2) is 10.5. The highest BCUT2D eigenvalue weighted by Gasteiger charge is 2.20. The molecule has 0 aliphatic rings. The summed E-state index contributed by atoms with van der Waals surface area (Å²) < 4.78 is 38.7. The van der Waals surface area contributed by atoms with Crippen LogP contribution >= 0.6 is 15.9 Å². The van der Waals surface area contributed by atoms with Crippen LogP contribution in [-0.4, -0.2) is 36.9 Å². The van der Waals surface area contributed by atoms with Crippen molar-refractivity contribution in [2.45, 2.75) is 38.0 Å². The van der Waals surface area contributed by atoms with Crippen LogP contribution in [-0.2, 0) is 25.1 Å². The Morgan fingerprint density at radius 3 is 2.32 bits per heavy atom. The molecule has 2 aromatic heterocycles. The number of pyridine rings is 1. The Morgan fingerprint density at radius 1 is 1.03 bits per heavy atom. The molecule has 0 bridgehead atoms. The number of esters is 1. The SMILES string of the molecule is CCOC(=O)CNc1c(-c2ccc(OS(=O)(=O)c3ccc(C(C)(C)C)cc3)cc2)nc2ccc(Br)cn12. The van der Waals surface area contributed by atoms with Gasteiger partial charge in [0.2, 0.25) is 0 Å². The molecule has 0 unspecified atom stereocenters. The van der Waals surface area contributed by atoms with Gasteiger partial charge in [-0.05, 0) is 82.4 Å². The van der Waals surface area contributed by atoms with Crippen LogP contribution in [0.15, 0.2) is 76.2 Å². The molecule has 4 aromatic rings. The molecule has 1 N–H and O–H groups in total. The number of carbonyl (C=O) groups is 1. The molecule has 0 amide bonds. The van der Waals surface area contributed by atoms with Crippen LogP contribution in [0.4, 0.5) is 5.82 Å². The van der Waals surface area contributed by atoms with Gasteiger partial charge in [-0.1, -0.05) is 32.9 Å². The highest BCUT2D eigenvalue weighted by Crippen LogP contribution is 2.32. The molecular formula is C27H28BrN3O5S. The van der Waals surface area contributed by atoms with Gasteiger partial charge in [0.15, 0.2) is 0 Å². The number of hydrogen-bond acceptors (Lipinski definition) is 7. The lowest BCUT2D eigenvalue weighted by Crippen LogP contribution is -2.17. The third kappa shape index (κ3) is 6.14. The molecule has 0 radical (unpaired) electrons. The molecule has 2 heterocycles. The number of anilines is 1. The Hall–Kier alpha value is -3.37. The summed E-state index contributed by atoms with van der Waals surface area (Å²) in [4.78, 5) is 16.7. The molecule has 0 atom stereocenters. The lowest BCUT2D eigenvalue weighted by atomic mass is 9.87. The molecule has 10 heteroatoms. The van der Waals surface area contributed by atoms with E-state index in [1.165, 1.54) is 0 Å². The van der Waals surface area contributed by atoms with Crippen molar-refractivity contribution in [3.63, 3.8) is 0 Å². The zero-order valence-corrected chi connectivity index (χ0v) is 23.4. The van der Waals surface area contributed by atoms with Crippen LogP contribution in [0.1, 0.15) is 33.3 Å². The van der Waals surface area contributed by atoms with Crippen molar-refractivity contribution in [3.8, 4) is 17.0 Å². The van der Waals surface area contributed by atoms with Gasteiger partial charge in [0, 0.05) is 16.2 Å². The number of ether oxygens (including phenoxy) is 1. The van der Waals surface area contributed by atoms with E-state index in [0.717, 1.165) is 10.0 Å². The van der Waals surface area contributed by atoms with Gasteiger partial charge >= 0.3 is 16.1 Å². The van der Waals surface area contributed by atoms with Gasteiger partial charge in [-0.15, -0.1) is 0 Å². The number of imidazole rings is 1. The van der Waals surface area contributed by atoms with Crippen LogP contribution in [0.25, 0.3) is 16.9 Å². The molecule has 0 spiro atoms. The van der Waals surface area contributed by atoms with Crippen molar-refractivity contribution in [1.29, 1.82) is 0 Å². The zero-order valence-electron chi connectivity index (χ0n) is 21.0. The molecular weight excluding hydrogens is 558 g/mol. The average molecular weight is 587 g/mol. The lowest BCUT2D eigenvalue weighted by Gasteiger charge is -2.19. The van der Waals surface area contributed by atoms with E-state index in [2.05, 4.69) is 42.0 Å². The molecule has 0 aliphatic heterocycles. The van der Waals surface area contributed by atoms with E-state index in [0.29, 0.717) is 22.7 Å². The van der Waals surface area contributed by atoms with Crippen LogP contribution in [0, 0.1) is 0 Å². The van der Waals surface area contributed by atoms with Crippen LogP contribution in [0.3, 0.4) is 0 Å². The number of fused-ring (bicyclic) bond motifs is 1. The first-order chi connectivity index (χ1) is 17.5. The highest BCUT2D eigenvalue weighted by atomic mass is 79.9. The number of aromatic nitrogens is 2. The minimum absolute atomic E-state index is 0.0331. The first-order valence-electron chi connectivity index (χ1n) is 11.7. The number of halogens is 1. The van der Waals surface area contributed by atoms with Gasteiger partial charge in [-0.2, -0.15) is 8.42 Å². The highest BCUT2D eigenvalue weighted by molar-refractivity contribution is 9.10. The second-order valence-electron chi connectivity index (χ2n) is 9.38. The minimum Gasteiger partial charge on any atom is -0.465 e. The van der Waals surface area contributed by atoms with Crippen LogP contribution in [0.2, 0.25) is 0 Å². The summed E-state index contributed by atoms with van der Waals surface area (Å²) in [5, 5.41) is 3.11. The van der Waals surface area contributed by atoms with Crippen LogP contribution < -0.4 is 9.50 Å².